The summed E-state index contributed by atoms with van der Waals surface area (Å²) in [5.41, 5.74) is 1.88. The smallest absolute Gasteiger partial charge is 0.220 e. The highest BCUT2D eigenvalue weighted by Gasteiger charge is 2.04. The van der Waals surface area contributed by atoms with E-state index in [1.54, 1.807) is 18.7 Å². The number of hydrogen-bond acceptors (Lipinski definition) is 3. The minimum Gasteiger partial charge on any atom is -0.464 e. The molecule has 0 saturated carbocycles. The van der Waals surface area contributed by atoms with Crippen LogP contribution in [0, 0.1) is 0 Å². The summed E-state index contributed by atoms with van der Waals surface area (Å²) in [6.45, 7) is 2.49. The monoisotopic (exact) mass is 244 g/mol. The van der Waals surface area contributed by atoms with Crippen molar-refractivity contribution in [3.8, 4) is 11.3 Å². The molecule has 94 valence electrons. The number of carbonyl (C=O) groups excluding carboxylic acids is 1. The van der Waals surface area contributed by atoms with Gasteiger partial charge in [-0.05, 0) is 30.2 Å². The van der Waals surface area contributed by atoms with Crippen molar-refractivity contribution in [1.82, 2.24) is 10.3 Å². The predicted molar refractivity (Wildman–Crippen MR) is 68.7 cm³/mol. The SMILES string of the molecule is CCCC(=O)NCc1cncc(-c2ccco2)c1. The van der Waals surface area contributed by atoms with Crippen LogP contribution < -0.4 is 5.32 Å². The summed E-state index contributed by atoms with van der Waals surface area (Å²) in [5.74, 6) is 0.852. The van der Waals surface area contributed by atoms with E-state index < -0.39 is 0 Å². The number of furan rings is 1. The first kappa shape index (κ1) is 12.4. The van der Waals surface area contributed by atoms with E-state index in [9.17, 15) is 4.79 Å². The predicted octanol–water partition coefficient (Wildman–Crippen LogP) is 2.76. The van der Waals surface area contributed by atoms with Crippen LogP contribution in [-0.2, 0) is 11.3 Å². The first-order chi connectivity index (χ1) is 8.79. The second kappa shape index (κ2) is 6.00. The van der Waals surface area contributed by atoms with Crippen LogP contribution in [0.1, 0.15) is 25.3 Å². The Labute approximate surface area is 106 Å². The van der Waals surface area contributed by atoms with Gasteiger partial charge in [0.25, 0.3) is 0 Å². The molecule has 0 bridgehead atoms. The van der Waals surface area contributed by atoms with Crippen LogP contribution in [0.4, 0.5) is 0 Å². The standard InChI is InChI=1S/C14H16N2O2/c1-2-4-14(17)16-9-11-7-12(10-15-8-11)13-5-3-6-18-13/h3,5-8,10H,2,4,9H2,1H3,(H,16,17). The molecule has 0 fully saturated rings. The normalized spacial score (nSPS) is 10.3. The number of rotatable bonds is 5. The molecule has 1 N–H and O–H groups in total. The van der Waals surface area contributed by atoms with Gasteiger partial charge in [0.1, 0.15) is 5.76 Å². The molecule has 2 aromatic heterocycles. The van der Waals surface area contributed by atoms with E-state index in [0.717, 1.165) is 23.3 Å². The molecule has 0 atom stereocenters. The van der Waals surface area contributed by atoms with Gasteiger partial charge in [0.15, 0.2) is 0 Å². The number of aromatic nitrogens is 1. The quantitative estimate of drug-likeness (QED) is 0.879. The van der Waals surface area contributed by atoms with Crippen molar-refractivity contribution in [1.29, 1.82) is 0 Å². The summed E-state index contributed by atoms with van der Waals surface area (Å²) in [6, 6.07) is 5.69. The van der Waals surface area contributed by atoms with Crippen molar-refractivity contribution < 1.29 is 9.21 Å². The molecule has 0 aromatic carbocycles. The Kier molecular flexibility index (Phi) is 4.12. The number of carbonyl (C=O) groups is 1. The third-order valence-corrected chi connectivity index (χ3v) is 2.57. The minimum absolute atomic E-state index is 0.0703. The van der Waals surface area contributed by atoms with Gasteiger partial charge in [-0.1, -0.05) is 6.92 Å². The highest BCUT2D eigenvalue weighted by atomic mass is 16.3. The molecular formula is C14H16N2O2. The fourth-order valence-corrected chi connectivity index (χ4v) is 1.68. The van der Waals surface area contributed by atoms with Gasteiger partial charge in [0, 0.05) is 30.9 Å². The van der Waals surface area contributed by atoms with Crippen LogP contribution in [-0.4, -0.2) is 10.9 Å². The number of pyridine rings is 1. The zero-order chi connectivity index (χ0) is 12.8. The zero-order valence-electron chi connectivity index (χ0n) is 10.3. The van der Waals surface area contributed by atoms with E-state index in [-0.39, 0.29) is 5.91 Å². The van der Waals surface area contributed by atoms with Gasteiger partial charge in [0.2, 0.25) is 5.91 Å². The first-order valence-corrected chi connectivity index (χ1v) is 6.04. The lowest BCUT2D eigenvalue weighted by Crippen LogP contribution is -2.22. The average molecular weight is 244 g/mol. The Balaban J connectivity index is 2.02. The fourth-order valence-electron chi connectivity index (χ4n) is 1.68. The summed E-state index contributed by atoms with van der Waals surface area (Å²) in [4.78, 5) is 15.5. The van der Waals surface area contributed by atoms with Crippen molar-refractivity contribution in [2.75, 3.05) is 0 Å². The van der Waals surface area contributed by atoms with Gasteiger partial charge in [0.05, 0.1) is 6.26 Å². The van der Waals surface area contributed by atoms with Crippen LogP contribution in [0.3, 0.4) is 0 Å². The van der Waals surface area contributed by atoms with Crippen molar-refractivity contribution in [3.05, 3.63) is 42.4 Å². The summed E-state index contributed by atoms with van der Waals surface area (Å²) in [6.07, 6.45) is 6.54. The topological polar surface area (TPSA) is 55.1 Å². The van der Waals surface area contributed by atoms with E-state index in [4.69, 9.17) is 4.42 Å². The summed E-state index contributed by atoms with van der Waals surface area (Å²) >= 11 is 0. The molecule has 2 heterocycles. The largest absolute Gasteiger partial charge is 0.464 e. The van der Waals surface area contributed by atoms with Gasteiger partial charge < -0.3 is 9.73 Å². The zero-order valence-corrected chi connectivity index (χ0v) is 10.3. The van der Waals surface area contributed by atoms with Gasteiger partial charge in [-0.2, -0.15) is 0 Å². The molecule has 0 unspecified atom stereocenters. The van der Waals surface area contributed by atoms with E-state index >= 15 is 0 Å². The Morgan fingerprint density at radius 3 is 3.06 bits per heavy atom. The van der Waals surface area contributed by atoms with Crippen molar-refractivity contribution in [2.24, 2.45) is 0 Å². The third kappa shape index (κ3) is 3.20. The molecule has 0 aliphatic rings. The molecule has 0 saturated heterocycles. The molecule has 4 heteroatoms. The van der Waals surface area contributed by atoms with Crippen molar-refractivity contribution in [2.45, 2.75) is 26.3 Å². The van der Waals surface area contributed by atoms with E-state index in [2.05, 4.69) is 10.3 Å². The van der Waals surface area contributed by atoms with Crippen molar-refractivity contribution >= 4 is 5.91 Å². The van der Waals surface area contributed by atoms with Gasteiger partial charge >= 0.3 is 0 Å². The Morgan fingerprint density at radius 2 is 2.33 bits per heavy atom. The van der Waals surface area contributed by atoms with Crippen LogP contribution in [0.2, 0.25) is 0 Å². The van der Waals surface area contributed by atoms with Gasteiger partial charge in [-0.25, -0.2) is 0 Å². The molecular weight excluding hydrogens is 228 g/mol. The maximum Gasteiger partial charge on any atom is 0.220 e. The lowest BCUT2D eigenvalue weighted by molar-refractivity contribution is -0.121. The van der Waals surface area contributed by atoms with Crippen LogP contribution >= 0.6 is 0 Å². The van der Waals surface area contributed by atoms with Gasteiger partial charge in [-0.3, -0.25) is 9.78 Å². The fraction of sp³-hybridized carbons (Fsp3) is 0.286. The molecule has 0 aliphatic heterocycles. The van der Waals surface area contributed by atoms with E-state index in [1.165, 1.54) is 0 Å². The maximum atomic E-state index is 11.4. The van der Waals surface area contributed by atoms with E-state index in [1.807, 2.05) is 25.1 Å². The number of hydrogen-bond donors (Lipinski definition) is 1. The number of nitrogens with zero attached hydrogens (tertiary/aromatic N) is 1. The highest BCUT2D eigenvalue weighted by molar-refractivity contribution is 5.75. The maximum absolute atomic E-state index is 11.4. The van der Waals surface area contributed by atoms with E-state index in [0.29, 0.717) is 13.0 Å². The lowest BCUT2D eigenvalue weighted by atomic mass is 10.1. The highest BCUT2D eigenvalue weighted by Crippen LogP contribution is 2.19. The summed E-state index contributed by atoms with van der Waals surface area (Å²) < 4.78 is 5.31. The van der Waals surface area contributed by atoms with Crippen LogP contribution in [0.5, 0.6) is 0 Å². The average Bonchev–Trinajstić information content (AvgIpc) is 2.91. The third-order valence-electron chi connectivity index (χ3n) is 2.57. The molecule has 0 spiro atoms. The molecule has 1 amide bonds. The second-order valence-corrected chi connectivity index (χ2v) is 4.09. The second-order valence-electron chi connectivity index (χ2n) is 4.09. The Hall–Kier alpha value is -2.10. The minimum atomic E-state index is 0.0703. The Morgan fingerprint density at radius 1 is 1.44 bits per heavy atom. The molecule has 2 aromatic rings. The molecule has 18 heavy (non-hydrogen) atoms. The lowest BCUT2D eigenvalue weighted by Gasteiger charge is -2.05. The molecule has 0 radical (unpaired) electrons. The molecule has 0 aliphatic carbocycles. The van der Waals surface area contributed by atoms with Crippen LogP contribution in [0.15, 0.2) is 41.3 Å². The summed E-state index contributed by atoms with van der Waals surface area (Å²) in [7, 11) is 0. The van der Waals surface area contributed by atoms with Crippen molar-refractivity contribution in [3.63, 3.8) is 0 Å². The number of nitrogens with one attached hydrogen (secondary N) is 1. The molecule has 4 nitrogen and oxygen atoms in total. The van der Waals surface area contributed by atoms with Crippen LogP contribution in [0.25, 0.3) is 11.3 Å². The Bertz CT molecular complexity index is 506. The van der Waals surface area contributed by atoms with Gasteiger partial charge in [-0.15, -0.1) is 0 Å². The first-order valence-electron chi connectivity index (χ1n) is 6.04. The summed E-state index contributed by atoms with van der Waals surface area (Å²) in [5, 5.41) is 2.86. The number of amides is 1. The molecule has 2 rings (SSSR count).